The van der Waals surface area contributed by atoms with Gasteiger partial charge in [0, 0.05) is 17.8 Å². The van der Waals surface area contributed by atoms with E-state index in [9.17, 15) is 0 Å². The van der Waals surface area contributed by atoms with Crippen molar-refractivity contribution in [1.82, 2.24) is 0 Å². The summed E-state index contributed by atoms with van der Waals surface area (Å²) in [5.41, 5.74) is 1.05. The van der Waals surface area contributed by atoms with E-state index in [2.05, 4.69) is 11.9 Å². The van der Waals surface area contributed by atoms with Crippen molar-refractivity contribution >= 4 is 5.69 Å². The van der Waals surface area contributed by atoms with Crippen LogP contribution in [0, 0.1) is 0 Å². The van der Waals surface area contributed by atoms with Gasteiger partial charge in [-0.25, -0.2) is 0 Å². The fraction of sp³-hybridized carbons (Fsp3) is 0.273. The molecule has 2 nitrogen and oxygen atoms in total. The largest absolute Gasteiger partial charge is 0.497 e. The topological polar surface area (TPSA) is 21.3 Å². The van der Waals surface area contributed by atoms with Crippen LogP contribution in [-0.4, -0.2) is 13.2 Å². The van der Waals surface area contributed by atoms with Crippen LogP contribution in [0.4, 0.5) is 5.69 Å². The fourth-order valence-corrected chi connectivity index (χ4v) is 1.03. The molecule has 2 heteroatoms. The molecule has 70 valence electrons. The molecule has 1 aromatic rings. The molecule has 0 aliphatic carbocycles. The first-order valence-corrected chi connectivity index (χ1v) is 4.29. The molecule has 1 aromatic carbocycles. The van der Waals surface area contributed by atoms with Crippen LogP contribution in [0.5, 0.6) is 5.75 Å². The summed E-state index contributed by atoms with van der Waals surface area (Å²) in [6.07, 6.45) is 1.86. The third-order valence-electron chi connectivity index (χ3n) is 1.82. The van der Waals surface area contributed by atoms with Crippen molar-refractivity contribution in [2.45, 2.75) is 13.0 Å². The van der Waals surface area contributed by atoms with Crippen molar-refractivity contribution in [3.63, 3.8) is 0 Å². The number of hydrogen-bond donors (Lipinski definition) is 1. The molecule has 0 saturated heterocycles. The van der Waals surface area contributed by atoms with Gasteiger partial charge < -0.3 is 10.1 Å². The first kappa shape index (κ1) is 9.65. The molecular formula is C11H15NO. The molecular weight excluding hydrogens is 162 g/mol. The predicted molar refractivity (Wildman–Crippen MR) is 56.3 cm³/mol. The summed E-state index contributed by atoms with van der Waals surface area (Å²) in [6, 6.07) is 8.11. The molecule has 0 aliphatic rings. The molecule has 0 aromatic heterocycles. The van der Waals surface area contributed by atoms with Crippen molar-refractivity contribution in [2.75, 3.05) is 12.4 Å². The highest BCUT2D eigenvalue weighted by Crippen LogP contribution is 2.17. The lowest BCUT2D eigenvalue weighted by molar-refractivity contribution is 0.415. The second kappa shape index (κ2) is 4.55. The monoisotopic (exact) mass is 177 g/mol. The van der Waals surface area contributed by atoms with Crippen LogP contribution in [0.25, 0.3) is 0 Å². The van der Waals surface area contributed by atoms with Gasteiger partial charge in [-0.15, -0.1) is 6.58 Å². The number of anilines is 1. The number of methoxy groups -OCH3 is 1. The molecule has 0 bridgehead atoms. The first-order valence-electron chi connectivity index (χ1n) is 4.29. The third-order valence-corrected chi connectivity index (χ3v) is 1.82. The van der Waals surface area contributed by atoms with E-state index < -0.39 is 0 Å². The van der Waals surface area contributed by atoms with Gasteiger partial charge in [0.05, 0.1) is 7.11 Å². The lowest BCUT2D eigenvalue weighted by atomic mass is 10.2. The van der Waals surface area contributed by atoms with Crippen LogP contribution in [-0.2, 0) is 0 Å². The van der Waals surface area contributed by atoms with E-state index in [1.807, 2.05) is 37.3 Å². The number of benzene rings is 1. The molecule has 1 rings (SSSR count). The van der Waals surface area contributed by atoms with Crippen LogP contribution < -0.4 is 10.1 Å². The zero-order valence-electron chi connectivity index (χ0n) is 8.08. The molecule has 0 spiro atoms. The summed E-state index contributed by atoms with van der Waals surface area (Å²) in [4.78, 5) is 0. The second-order valence-electron chi connectivity index (χ2n) is 2.90. The highest BCUT2D eigenvalue weighted by molar-refractivity contribution is 5.49. The maximum atomic E-state index is 5.10. The van der Waals surface area contributed by atoms with E-state index in [0.29, 0.717) is 0 Å². The van der Waals surface area contributed by atoms with Gasteiger partial charge in [0.2, 0.25) is 0 Å². The number of ether oxygens (including phenoxy) is 1. The van der Waals surface area contributed by atoms with E-state index in [0.717, 1.165) is 11.4 Å². The van der Waals surface area contributed by atoms with Gasteiger partial charge in [-0.1, -0.05) is 12.1 Å². The predicted octanol–water partition coefficient (Wildman–Crippen LogP) is 2.68. The first-order chi connectivity index (χ1) is 6.26. The van der Waals surface area contributed by atoms with Gasteiger partial charge in [-0.3, -0.25) is 0 Å². The normalized spacial score (nSPS) is 11.8. The van der Waals surface area contributed by atoms with Gasteiger partial charge in [-0.05, 0) is 19.1 Å². The molecule has 13 heavy (non-hydrogen) atoms. The molecule has 1 N–H and O–H groups in total. The molecule has 1 atom stereocenters. The maximum Gasteiger partial charge on any atom is 0.120 e. The van der Waals surface area contributed by atoms with Crippen LogP contribution in [0.3, 0.4) is 0 Å². The molecule has 0 aliphatic heterocycles. The van der Waals surface area contributed by atoms with E-state index in [1.54, 1.807) is 7.11 Å². The maximum absolute atomic E-state index is 5.10. The van der Waals surface area contributed by atoms with Crippen molar-refractivity contribution in [2.24, 2.45) is 0 Å². The quantitative estimate of drug-likeness (QED) is 0.714. The average Bonchev–Trinajstić information content (AvgIpc) is 2.18. The van der Waals surface area contributed by atoms with Gasteiger partial charge in [0.1, 0.15) is 5.75 Å². The highest BCUT2D eigenvalue weighted by Gasteiger charge is 1.97. The van der Waals surface area contributed by atoms with Crippen molar-refractivity contribution < 1.29 is 4.74 Å². The van der Waals surface area contributed by atoms with E-state index in [-0.39, 0.29) is 6.04 Å². The zero-order valence-corrected chi connectivity index (χ0v) is 8.08. The Labute approximate surface area is 79.2 Å². The second-order valence-corrected chi connectivity index (χ2v) is 2.90. The fourth-order valence-electron chi connectivity index (χ4n) is 1.03. The Morgan fingerprint density at radius 3 is 2.92 bits per heavy atom. The molecule has 0 radical (unpaired) electrons. The minimum Gasteiger partial charge on any atom is -0.497 e. The number of hydrogen-bond acceptors (Lipinski definition) is 2. The smallest absolute Gasteiger partial charge is 0.120 e. The summed E-state index contributed by atoms with van der Waals surface area (Å²) >= 11 is 0. The molecule has 1 unspecified atom stereocenters. The third kappa shape index (κ3) is 2.82. The Morgan fingerprint density at radius 2 is 2.31 bits per heavy atom. The molecule has 0 fully saturated rings. The van der Waals surface area contributed by atoms with Gasteiger partial charge >= 0.3 is 0 Å². The summed E-state index contributed by atoms with van der Waals surface area (Å²) in [6.45, 7) is 5.75. The van der Waals surface area contributed by atoms with Crippen molar-refractivity contribution in [1.29, 1.82) is 0 Å². The van der Waals surface area contributed by atoms with Crippen LogP contribution in [0.15, 0.2) is 36.9 Å². The van der Waals surface area contributed by atoms with Crippen LogP contribution in [0.1, 0.15) is 6.92 Å². The Hall–Kier alpha value is -1.44. The van der Waals surface area contributed by atoms with E-state index >= 15 is 0 Å². The highest BCUT2D eigenvalue weighted by atomic mass is 16.5. The standard InChI is InChI=1S/C11H15NO/c1-4-9(2)12-10-6-5-7-11(8-10)13-3/h4-9,12H,1H2,2-3H3. The van der Waals surface area contributed by atoms with E-state index in [4.69, 9.17) is 4.74 Å². The average molecular weight is 177 g/mol. The Kier molecular flexibility index (Phi) is 3.38. The zero-order chi connectivity index (χ0) is 9.68. The number of nitrogens with one attached hydrogen (secondary N) is 1. The number of rotatable bonds is 4. The minimum absolute atomic E-state index is 0.270. The molecule has 0 saturated carbocycles. The molecule has 0 heterocycles. The summed E-state index contributed by atoms with van der Waals surface area (Å²) in [7, 11) is 1.66. The Bertz CT molecular complexity index is 283. The SMILES string of the molecule is C=CC(C)Nc1cccc(OC)c1. The van der Waals surface area contributed by atoms with Gasteiger partial charge in [0.25, 0.3) is 0 Å². The Morgan fingerprint density at radius 1 is 1.54 bits per heavy atom. The summed E-state index contributed by atoms with van der Waals surface area (Å²) in [5.74, 6) is 0.862. The summed E-state index contributed by atoms with van der Waals surface area (Å²) < 4.78 is 5.10. The van der Waals surface area contributed by atoms with Gasteiger partial charge in [0.15, 0.2) is 0 Å². The van der Waals surface area contributed by atoms with Gasteiger partial charge in [-0.2, -0.15) is 0 Å². The molecule has 0 amide bonds. The van der Waals surface area contributed by atoms with Crippen molar-refractivity contribution in [3.8, 4) is 5.75 Å². The Balaban J connectivity index is 2.71. The van der Waals surface area contributed by atoms with E-state index in [1.165, 1.54) is 0 Å². The summed E-state index contributed by atoms with van der Waals surface area (Å²) in [5, 5.41) is 3.27. The van der Waals surface area contributed by atoms with Crippen LogP contribution in [0.2, 0.25) is 0 Å². The lowest BCUT2D eigenvalue weighted by Crippen LogP contribution is -2.10. The minimum atomic E-state index is 0.270. The van der Waals surface area contributed by atoms with Crippen molar-refractivity contribution in [3.05, 3.63) is 36.9 Å². The lowest BCUT2D eigenvalue weighted by Gasteiger charge is -2.11. The van der Waals surface area contributed by atoms with Crippen LogP contribution >= 0.6 is 0 Å².